The van der Waals surface area contributed by atoms with Gasteiger partial charge in [-0.2, -0.15) is 0 Å². The summed E-state index contributed by atoms with van der Waals surface area (Å²) < 4.78 is 5.03. The second kappa shape index (κ2) is 6.23. The zero-order valence-electron chi connectivity index (χ0n) is 6.55. The molecule has 0 aliphatic carbocycles. The van der Waals surface area contributed by atoms with E-state index >= 15 is 0 Å². The molecule has 0 fully saturated rings. The smallest absolute Gasteiger partial charge is 0.0855 e. The fraction of sp³-hybridized carbons (Fsp3) is 0.833. The first-order valence-electron chi connectivity index (χ1n) is 3.50. The van der Waals surface area contributed by atoms with Crippen LogP contribution in [0.1, 0.15) is 0 Å². The molecular weight excluding hydrogens is 144 g/mol. The van der Waals surface area contributed by atoms with E-state index in [0.717, 1.165) is 0 Å². The minimum Gasteiger partial charge on any atom is -0.374 e. The molecule has 0 aliphatic rings. The predicted molar refractivity (Wildman–Crippen MR) is 44.6 cm³/mol. The van der Waals surface area contributed by atoms with Crippen molar-refractivity contribution in [3.05, 3.63) is 0 Å². The molecule has 0 rings (SSSR count). The highest BCUT2D eigenvalue weighted by Crippen LogP contribution is 1.80. The Morgan fingerprint density at radius 2 is 2.09 bits per heavy atom. The largest absolute Gasteiger partial charge is 0.374 e. The van der Waals surface area contributed by atoms with E-state index in [9.17, 15) is 0 Å². The summed E-state index contributed by atoms with van der Waals surface area (Å²) >= 11 is 0. The fourth-order valence-electron chi connectivity index (χ4n) is 0.460. The van der Waals surface area contributed by atoms with Crippen LogP contribution in [0, 0.1) is 5.41 Å². The molecule has 7 N–H and O–H groups in total. The van der Waals surface area contributed by atoms with Gasteiger partial charge in [0.1, 0.15) is 0 Å². The van der Waals surface area contributed by atoms with Crippen molar-refractivity contribution >= 4 is 5.71 Å². The van der Waals surface area contributed by atoms with Crippen LogP contribution in [0.4, 0.5) is 0 Å². The average Bonchev–Trinajstić information content (AvgIpc) is 2.04. The topological polar surface area (TPSA) is 111 Å². The average molecular weight is 160 g/mol. The Kier molecular flexibility index (Phi) is 5.96. The summed E-state index contributed by atoms with van der Waals surface area (Å²) in [6, 6.07) is -0.138. The molecular formula is C6H16N4O. The third-order valence-electron chi connectivity index (χ3n) is 1.16. The van der Waals surface area contributed by atoms with Crippen molar-refractivity contribution in [2.24, 2.45) is 17.2 Å². The molecule has 0 aromatic heterocycles. The number of hydrogen-bond donors (Lipinski definition) is 4. The third kappa shape index (κ3) is 5.93. The van der Waals surface area contributed by atoms with Crippen LogP contribution < -0.4 is 17.2 Å². The van der Waals surface area contributed by atoms with Gasteiger partial charge in [0.15, 0.2) is 0 Å². The molecule has 0 saturated carbocycles. The lowest BCUT2D eigenvalue weighted by molar-refractivity contribution is 0.156. The number of nitrogens with two attached hydrogens (primary N) is 3. The first kappa shape index (κ1) is 10.5. The molecule has 0 aromatic carbocycles. The van der Waals surface area contributed by atoms with Crippen LogP contribution in [0.5, 0.6) is 0 Å². The van der Waals surface area contributed by atoms with Crippen LogP contribution in [0.2, 0.25) is 0 Å². The highest BCUT2D eigenvalue weighted by Gasteiger charge is 1.99. The van der Waals surface area contributed by atoms with Crippen LogP contribution in [0.3, 0.4) is 0 Å². The lowest BCUT2D eigenvalue weighted by Crippen LogP contribution is -2.35. The second-order valence-corrected chi connectivity index (χ2v) is 2.32. The van der Waals surface area contributed by atoms with Gasteiger partial charge in [-0.25, -0.2) is 0 Å². The number of nitrogens with one attached hydrogen (secondary N) is 1. The lowest BCUT2D eigenvalue weighted by atomic mass is 10.3. The van der Waals surface area contributed by atoms with Crippen molar-refractivity contribution in [1.29, 1.82) is 5.41 Å². The van der Waals surface area contributed by atoms with Gasteiger partial charge in [-0.05, 0) is 0 Å². The molecule has 5 heteroatoms. The highest BCUT2D eigenvalue weighted by atomic mass is 16.5. The van der Waals surface area contributed by atoms with Gasteiger partial charge in [-0.15, -0.1) is 0 Å². The van der Waals surface area contributed by atoms with E-state index in [-0.39, 0.29) is 19.2 Å². The molecule has 66 valence electrons. The summed E-state index contributed by atoms with van der Waals surface area (Å²) in [6.07, 6.45) is 0. The minimum absolute atomic E-state index is 0.138. The number of ether oxygens (including phenoxy) is 1. The Bertz CT molecular complexity index is 117. The summed E-state index contributed by atoms with van der Waals surface area (Å²) in [5.41, 5.74) is 16.2. The van der Waals surface area contributed by atoms with Gasteiger partial charge >= 0.3 is 0 Å². The minimum atomic E-state index is -0.138. The van der Waals surface area contributed by atoms with Gasteiger partial charge in [-0.1, -0.05) is 0 Å². The Morgan fingerprint density at radius 1 is 1.45 bits per heavy atom. The van der Waals surface area contributed by atoms with Crippen molar-refractivity contribution in [2.45, 2.75) is 6.04 Å². The van der Waals surface area contributed by atoms with Gasteiger partial charge in [0.2, 0.25) is 0 Å². The first-order chi connectivity index (χ1) is 5.20. The van der Waals surface area contributed by atoms with Gasteiger partial charge in [0, 0.05) is 24.8 Å². The van der Waals surface area contributed by atoms with E-state index in [4.69, 9.17) is 27.3 Å². The van der Waals surface area contributed by atoms with Crippen molar-refractivity contribution < 1.29 is 4.74 Å². The summed E-state index contributed by atoms with van der Waals surface area (Å²) in [4.78, 5) is 0. The molecule has 11 heavy (non-hydrogen) atoms. The Balaban J connectivity index is 3.20. The summed E-state index contributed by atoms with van der Waals surface area (Å²) in [5, 5.41) is 7.12. The van der Waals surface area contributed by atoms with Crippen LogP contribution >= 0.6 is 0 Å². The Hall–Kier alpha value is -0.490. The SMILES string of the molecule is N=C(CN)COCC(N)CN. The summed E-state index contributed by atoms with van der Waals surface area (Å²) in [5.74, 6) is 0. The van der Waals surface area contributed by atoms with Gasteiger partial charge in [0.05, 0.1) is 13.2 Å². The molecule has 5 nitrogen and oxygen atoms in total. The van der Waals surface area contributed by atoms with E-state index in [1.165, 1.54) is 0 Å². The normalized spacial score (nSPS) is 13.0. The van der Waals surface area contributed by atoms with Crippen LogP contribution in [0.15, 0.2) is 0 Å². The van der Waals surface area contributed by atoms with E-state index in [1.807, 2.05) is 0 Å². The maximum absolute atomic E-state index is 7.12. The molecule has 0 aliphatic heterocycles. The monoisotopic (exact) mass is 160 g/mol. The van der Waals surface area contributed by atoms with E-state index in [2.05, 4.69) is 0 Å². The van der Waals surface area contributed by atoms with Crippen molar-refractivity contribution in [3.8, 4) is 0 Å². The molecule has 0 amide bonds. The van der Waals surface area contributed by atoms with Crippen LogP contribution in [0.25, 0.3) is 0 Å². The van der Waals surface area contributed by atoms with Gasteiger partial charge in [0.25, 0.3) is 0 Å². The first-order valence-corrected chi connectivity index (χ1v) is 3.50. The maximum atomic E-state index is 7.12. The van der Waals surface area contributed by atoms with E-state index in [1.54, 1.807) is 0 Å². The lowest BCUT2D eigenvalue weighted by Gasteiger charge is -2.08. The Labute approximate surface area is 66.4 Å². The van der Waals surface area contributed by atoms with Crippen molar-refractivity contribution in [3.63, 3.8) is 0 Å². The third-order valence-corrected chi connectivity index (χ3v) is 1.16. The molecule has 1 atom stereocenters. The predicted octanol–water partition coefficient (Wildman–Crippen LogP) is -1.73. The zero-order valence-corrected chi connectivity index (χ0v) is 6.55. The summed E-state index contributed by atoms with van der Waals surface area (Å²) in [7, 11) is 0. The second-order valence-electron chi connectivity index (χ2n) is 2.32. The van der Waals surface area contributed by atoms with Crippen molar-refractivity contribution in [2.75, 3.05) is 26.3 Å². The Morgan fingerprint density at radius 3 is 2.55 bits per heavy atom. The number of rotatable bonds is 6. The molecule has 0 bridgehead atoms. The van der Waals surface area contributed by atoms with E-state index < -0.39 is 0 Å². The maximum Gasteiger partial charge on any atom is 0.0855 e. The highest BCUT2D eigenvalue weighted by molar-refractivity contribution is 5.84. The van der Waals surface area contributed by atoms with Crippen molar-refractivity contribution in [1.82, 2.24) is 0 Å². The molecule has 0 heterocycles. The quantitative estimate of drug-likeness (QED) is 0.346. The van der Waals surface area contributed by atoms with E-state index in [0.29, 0.717) is 18.9 Å². The van der Waals surface area contributed by atoms with Crippen LogP contribution in [-0.4, -0.2) is 38.1 Å². The fourth-order valence-corrected chi connectivity index (χ4v) is 0.460. The molecule has 0 saturated heterocycles. The zero-order chi connectivity index (χ0) is 8.69. The van der Waals surface area contributed by atoms with Crippen LogP contribution in [-0.2, 0) is 4.74 Å². The standard InChI is InChI=1S/C6H16N4O/c7-1-5(9)3-11-4-6(10)2-8/h5,10H,1-4,7-9H2. The molecule has 1 unspecified atom stereocenters. The molecule has 0 radical (unpaired) electrons. The summed E-state index contributed by atoms with van der Waals surface area (Å²) in [6.45, 7) is 1.27. The molecule has 0 aromatic rings. The number of hydrogen-bond acceptors (Lipinski definition) is 5. The molecule has 0 spiro atoms. The van der Waals surface area contributed by atoms with Gasteiger partial charge < -0.3 is 27.3 Å². The van der Waals surface area contributed by atoms with Gasteiger partial charge in [-0.3, -0.25) is 0 Å².